The van der Waals surface area contributed by atoms with Crippen molar-refractivity contribution in [3.63, 3.8) is 0 Å². The van der Waals surface area contributed by atoms with Gasteiger partial charge in [0.15, 0.2) is 0 Å². The van der Waals surface area contributed by atoms with E-state index in [1.165, 1.54) is 24.3 Å². The van der Waals surface area contributed by atoms with Crippen LogP contribution < -0.4 is 5.84 Å². The van der Waals surface area contributed by atoms with E-state index >= 15 is 0 Å². The summed E-state index contributed by atoms with van der Waals surface area (Å²) in [5.74, 6) is 5.18. The van der Waals surface area contributed by atoms with Crippen molar-refractivity contribution >= 4 is 20.0 Å². The number of hydrogen-bond acceptors (Lipinski definition) is 6. The first kappa shape index (κ1) is 15.4. The van der Waals surface area contributed by atoms with E-state index in [4.69, 9.17) is 10.9 Å². The summed E-state index contributed by atoms with van der Waals surface area (Å²) in [6.07, 6.45) is 0. The van der Waals surface area contributed by atoms with Crippen molar-refractivity contribution in [2.75, 3.05) is 0 Å². The highest BCUT2D eigenvalue weighted by atomic mass is 32.3. The summed E-state index contributed by atoms with van der Waals surface area (Å²) >= 11 is 0. The van der Waals surface area contributed by atoms with Crippen LogP contribution in [0.25, 0.3) is 0 Å². The van der Waals surface area contributed by atoms with Crippen molar-refractivity contribution in [2.24, 2.45) is 5.84 Å². The molecule has 2 rings (SSSR count). The zero-order chi connectivity index (χ0) is 15.7. The van der Waals surface area contributed by atoms with Gasteiger partial charge in [0.2, 0.25) is 0 Å². The van der Waals surface area contributed by atoms with Crippen molar-refractivity contribution < 1.29 is 21.9 Å². The van der Waals surface area contributed by atoms with E-state index in [1.807, 2.05) is 0 Å². The Kier molecular flexibility index (Phi) is 4.01. The molecule has 0 aliphatic rings. The quantitative estimate of drug-likeness (QED) is 0.628. The summed E-state index contributed by atoms with van der Waals surface area (Å²) in [7, 11) is -8.84. The van der Waals surface area contributed by atoms with E-state index in [2.05, 4.69) is 0 Å². The van der Waals surface area contributed by atoms with Gasteiger partial charge in [-0.25, -0.2) is 22.7 Å². The summed E-state index contributed by atoms with van der Waals surface area (Å²) in [5, 5.41) is 9.14. The molecule has 7 nitrogen and oxygen atoms in total. The van der Waals surface area contributed by atoms with Gasteiger partial charge < -0.3 is 5.11 Å². The monoisotopic (exact) mass is 328 g/mol. The Labute approximate surface area is 122 Å². The van der Waals surface area contributed by atoms with Crippen LogP contribution >= 0.6 is 0 Å². The molecule has 0 spiro atoms. The first-order valence-electron chi connectivity index (χ1n) is 5.65. The lowest BCUT2D eigenvalue weighted by atomic mass is 10.3. The van der Waals surface area contributed by atoms with E-state index in [0.717, 1.165) is 24.3 Å². The van der Waals surface area contributed by atoms with Crippen LogP contribution in [0, 0.1) is 0 Å². The summed E-state index contributed by atoms with van der Waals surface area (Å²) in [6, 6.07) is 11.3. The lowest BCUT2D eigenvalue weighted by molar-refractivity contribution is 0.474. The second-order valence-electron chi connectivity index (χ2n) is 4.04. The minimum absolute atomic E-state index is 0.150. The number of aromatic hydroxyl groups is 1. The van der Waals surface area contributed by atoms with Crippen LogP contribution in [-0.2, 0) is 20.0 Å². The molecular formula is C12H12N2O5S2. The third kappa shape index (κ3) is 2.90. The third-order valence-corrected chi connectivity index (χ3v) is 6.51. The highest BCUT2D eigenvalue weighted by Gasteiger charge is 2.33. The van der Waals surface area contributed by atoms with Gasteiger partial charge in [0.25, 0.3) is 20.0 Å². The Hall–Kier alpha value is -1.94. The fraction of sp³-hybridized carbons (Fsp3) is 0. The molecule has 0 saturated heterocycles. The van der Waals surface area contributed by atoms with Gasteiger partial charge in [0.05, 0.1) is 9.79 Å². The summed E-state index contributed by atoms with van der Waals surface area (Å²) in [5.41, 5.74) is 0. The molecule has 0 radical (unpaired) electrons. The molecule has 0 fully saturated rings. The van der Waals surface area contributed by atoms with Crippen LogP contribution in [0.5, 0.6) is 5.75 Å². The number of hydrazine groups is 1. The van der Waals surface area contributed by atoms with Gasteiger partial charge in [0, 0.05) is 0 Å². The van der Waals surface area contributed by atoms with E-state index in [0.29, 0.717) is 0 Å². The van der Waals surface area contributed by atoms with E-state index < -0.39 is 20.0 Å². The summed E-state index contributed by atoms with van der Waals surface area (Å²) in [4.78, 5) is -0.586. The number of phenolic OH excluding ortho intramolecular Hbond substituents is 1. The maximum Gasteiger partial charge on any atom is 0.269 e. The molecule has 112 valence electrons. The average Bonchev–Trinajstić information content (AvgIpc) is 2.47. The van der Waals surface area contributed by atoms with E-state index in [-0.39, 0.29) is 19.4 Å². The van der Waals surface area contributed by atoms with Crippen molar-refractivity contribution in [1.29, 1.82) is 0 Å². The van der Waals surface area contributed by atoms with Crippen molar-refractivity contribution in [2.45, 2.75) is 9.79 Å². The molecule has 0 heterocycles. The van der Waals surface area contributed by atoms with Gasteiger partial charge in [-0.15, -0.1) is 0 Å². The normalized spacial score (nSPS) is 12.5. The Morgan fingerprint density at radius 3 is 1.67 bits per heavy atom. The Morgan fingerprint density at radius 2 is 1.19 bits per heavy atom. The minimum atomic E-state index is -4.45. The van der Waals surface area contributed by atoms with Crippen LogP contribution in [-0.4, -0.2) is 25.8 Å². The fourth-order valence-corrected chi connectivity index (χ4v) is 4.49. The molecule has 0 bridgehead atoms. The molecule has 3 N–H and O–H groups in total. The highest BCUT2D eigenvalue weighted by molar-refractivity contribution is 8.04. The summed E-state index contributed by atoms with van der Waals surface area (Å²) < 4.78 is 48.6. The number of nitrogens with zero attached hydrogens (tertiary/aromatic N) is 1. The molecule has 9 heteroatoms. The first-order valence-corrected chi connectivity index (χ1v) is 8.53. The molecule has 0 unspecified atom stereocenters. The number of nitrogens with two attached hydrogens (primary N) is 1. The molecule has 0 aliphatic heterocycles. The maximum absolute atomic E-state index is 12.2. The average molecular weight is 328 g/mol. The Balaban J connectivity index is 2.48. The largest absolute Gasteiger partial charge is 0.508 e. The predicted octanol–water partition coefficient (Wildman–Crippen LogP) is 0.645. The number of phenols is 1. The van der Waals surface area contributed by atoms with Crippen molar-refractivity contribution in [3.05, 3.63) is 54.6 Å². The molecule has 2 aromatic rings. The highest BCUT2D eigenvalue weighted by Crippen LogP contribution is 2.22. The SMILES string of the molecule is NN(S(=O)(=O)c1ccccc1)S(=O)(=O)c1ccc(O)cc1. The third-order valence-electron chi connectivity index (χ3n) is 2.65. The van der Waals surface area contributed by atoms with E-state index in [9.17, 15) is 16.8 Å². The molecule has 0 saturated carbocycles. The molecule has 2 aromatic carbocycles. The number of rotatable bonds is 4. The maximum atomic E-state index is 12.2. The van der Waals surface area contributed by atoms with Crippen LogP contribution in [0.1, 0.15) is 0 Å². The smallest absolute Gasteiger partial charge is 0.269 e. The van der Waals surface area contributed by atoms with Gasteiger partial charge in [-0.2, -0.15) is 0 Å². The molecule has 0 amide bonds. The predicted molar refractivity (Wildman–Crippen MR) is 74.9 cm³/mol. The van der Waals surface area contributed by atoms with Crippen molar-refractivity contribution in [1.82, 2.24) is 3.82 Å². The Morgan fingerprint density at radius 1 is 0.762 bits per heavy atom. The first-order chi connectivity index (χ1) is 9.76. The van der Waals surface area contributed by atoms with Crippen LogP contribution in [0.2, 0.25) is 0 Å². The molecule has 0 aliphatic carbocycles. The van der Waals surface area contributed by atoms with E-state index in [1.54, 1.807) is 6.07 Å². The standard InChI is InChI=1S/C12H12N2O5S2/c13-14(20(16,17)11-4-2-1-3-5-11)21(18,19)12-8-6-10(15)7-9-12/h1-9,15H,13H2. The summed E-state index contributed by atoms with van der Waals surface area (Å²) in [6.45, 7) is 0. The number of hydrogen-bond donors (Lipinski definition) is 2. The molecule has 0 atom stereocenters. The van der Waals surface area contributed by atoms with Gasteiger partial charge in [-0.1, -0.05) is 18.2 Å². The van der Waals surface area contributed by atoms with Gasteiger partial charge in [-0.05, 0) is 40.2 Å². The zero-order valence-corrected chi connectivity index (χ0v) is 12.3. The molecule has 0 aromatic heterocycles. The van der Waals surface area contributed by atoms with Gasteiger partial charge in [0.1, 0.15) is 5.75 Å². The molecular weight excluding hydrogens is 316 g/mol. The lowest BCUT2D eigenvalue weighted by Gasteiger charge is -2.16. The number of sulfonamides is 2. The van der Waals surface area contributed by atoms with Crippen molar-refractivity contribution in [3.8, 4) is 5.75 Å². The van der Waals surface area contributed by atoms with Gasteiger partial charge in [-0.3, -0.25) is 0 Å². The van der Waals surface area contributed by atoms with Gasteiger partial charge >= 0.3 is 0 Å². The van der Waals surface area contributed by atoms with Crippen LogP contribution in [0.4, 0.5) is 0 Å². The minimum Gasteiger partial charge on any atom is -0.508 e. The zero-order valence-electron chi connectivity index (χ0n) is 10.6. The Bertz CT molecular complexity index is 831. The second-order valence-corrected chi connectivity index (χ2v) is 7.90. The van der Waals surface area contributed by atoms with Crippen LogP contribution in [0.15, 0.2) is 64.4 Å². The fourth-order valence-electron chi connectivity index (χ4n) is 1.55. The number of benzene rings is 2. The van der Waals surface area contributed by atoms with Crippen LogP contribution in [0.3, 0.4) is 0 Å². The molecule has 21 heavy (non-hydrogen) atoms. The lowest BCUT2D eigenvalue weighted by Crippen LogP contribution is -2.42. The second kappa shape index (κ2) is 5.45. The topological polar surface area (TPSA) is 118 Å².